The molecule has 9 heteroatoms. The highest BCUT2D eigenvalue weighted by molar-refractivity contribution is 7.90. The summed E-state index contributed by atoms with van der Waals surface area (Å²) in [5, 5.41) is 10.7. The Morgan fingerprint density at radius 1 is 1.30 bits per heavy atom. The van der Waals surface area contributed by atoms with Gasteiger partial charge in [-0.3, -0.25) is 9.69 Å². The number of rotatable bonds is 4. The van der Waals surface area contributed by atoms with Crippen molar-refractivity contribution in [1.29, 1.82) is 0 Å². The van der Waals surface area contributed by atoms with Gasteiger partial charge in [0, 0.05) is 31.1 Å². The number of amides is 1. The molecule has 0 aliphatic rings. The van der Waals surface area contributed by atoms with Crippen LogP contribution in [0.25, 0.3) is 0 Å². The van der Waals surface area contributed by atoms with Crippen molar-refractivity contribution in [3.05, 3.63) is 47.6 Å². The maximum atomic E-state index is 14.0. The van der Waals surface area contributed by atoms with Crippen LogP contribution in [0.1, 0.15) is 6.92 Å². The summed E-state index contributed by atoms with van der Waals surface area (Å²) in [5.41, 5.74) is 1.94. The number of aromatic nitrogens is 1. The first kappa shape index (κ1) is 16.8. The smallest absolute Gasteiger partial charge is 0.229 e. The van der Waals surface area contributed by atoms with Gasteiger partial charge >= 0.3 is 0 Å². The molecule has 0 radical (unpaired) electrons. The number of nitrogens with one attached hydrogen (secondary N) is 1. The van der Waals surface area contributed by atoms with Crippen molar-refractivity contribution in [3.63, 3.8) is 0 Å². The van der Waals surface area contributed by atoms with Gasteiger partial charge in [0.25, 0.3) is 0 Å². The van der Waals surface area contributed by atoms with E-state index in [-0.39, 0.29) is 17.2 Å². The van der Waals surface area contributed by atoms with Gasteiger partial charge < -0.3 is 10.7 Å². The van der Waals surface area contributed by atoms with Crippen LogP contribution in [0.15, 0.2) is 41.4 Å². The van der Waals surface area contributed by atoms with E-state index >= 15 is 0 Å². The number of benzene rings is 1. The van der Waals surface area contributed by atoms with Crippen LogP contribution in [-0.2, 0) is 14.6 Å². The number of pyridine rings is 1. The number of carbonyl (C=O) groups is 1. The first-order valence-electron chi connectivity index (χ1n) is 6.38. The quantitative estimate of drug-likeness (QED) is 0.858. The maximum Gasteiger partial charge on any atom is 0.229 e. The number of hydrogen-bond donors (Lipinski definition) is 1. The average molecular weight is 338 g/mol. The van der Waals surface area contributed by atoms with Gasteiger partial charge in [0.1, 0.15) is 16.5 Å². The Balaban J connectivity index is 2.55. The van der Waals surface area contributed by atoms with Crippen molar-refractivity contribution in [2.24, 2.45) is 0 Å². The summed E-state index contributed by atoms with van der Waals surface area (Å²) in [5.74, 6) is -1.36. The molecule has 0 atom stereocenters. The van der Waals surface area contributed by atoms with Crippen LogP contribution in [0.5, 0.6) is 0 Å². The van der Waals surface area contributed by atoms with Crippen LogP contribution >= 0.6 is 0 Å². The number of anilines is 3. The molecule has 23 heavy (non-hydrogen) atoms. The van der Waals surface area contributed by atoms with E-state index < -0.39 is 26.5 Å². The van der Waals surface area contributed by atoms with E-state index in [0.717, 1.165) is 23.3 Å². The molecule has 2 aromatic rings. The minimum Gasteiger partial charge on any atom is -0.761 e. The van der Waals surface area contributed by atoms with Gasteiger partial charge in [-0.1, -0.05) is 0 Å². The summed E-state index contributed by atoms with van der Waals surface area (Å²) in [6, 6.07) is 6.02. The van der Waals surface area contributed by atoms with E-state index in [9.17, 15) is 22.8 Å². The van der Waals surface area contributed by atoms with Crippen molar-refractivity contribution in [1.82, 2.24) is 4.98 Å². The highest BCUT2D eigenvalue weighted by Crippen LogP contribution is 2.28. The van der Waals surface area contributed by atoms with E-state index in [0.29, 0.717) is 0 Å². The Bertz CT molecular complexity index is 855. The van der Waals surface area contributed by atoms with E-state index in [4.69, 9.17) is 0 Å². The lowest BCUT2D eigenvalue weighted by atomic mass is 10.2. The van der Waals surface area contributed by atoms with Gasteiger partial charge in [0.05, 0.1) is 5.69 Å². The zero-order valence-electron chi connectivity index (χ0n) is 12.3. The molecular formula is C14H13FN3O4S-. The SMILES string of the molecule is CC(=O)N(c1ccc(S(C)(=O)=O)c(F)c1)c1cc(N[O-])ccn1. The second-order valence-corrected chi connectivity index (χ2v) is 6.73. The normalized spacial score (nSPS) is 11.1. The van der Waals surface area contributed by atoms with Gasteiger partial charge in [-0.15, -0.1) is 0 Å². The average Bonchev–Trinajstić information content (AvgIpc) is 2.46. The first-order valence-corrected chi connectivity index (χ1v) is 8.27. The van der Waals surface area contributed by atoms with E-state index in [1.54, 1.807) is 5.48 Å². The molecule has 0 aliphatic heterocycles. The maximum absolute atomic E-state index is 14.0. The second-order valence-electron chi connectivity index (χ2n) is 4.75. The highest BCUT2D eigenvalue weighted by atomic mass is 32.2. The molecule has 0 spiro atoms. The zero-order chi connectivity index (χ0) is 17.2. The molecule has 0 bridgehead atoms. The lowest BCUT2D eigenvalue weighted by Gasteiger charge is -2.22. The van der Waals surface area contributed by atoms with Crippen LogP contribution < -0.4 is 10.4 Å². The molecule has 1 aromatic heterocycles. The van der Waals surface area contributed by atoms with Gasteiger partial charge in [0.15, 0.2) is 9.84 Å². The molecule has 122 valence electrons. The molecule has 0 saturated heterocycles. The van der Waals surface area contributed by atoms with Crippen LogP contribution in [0.4, 0.5) is 21.6 Å². The number of nitrogens with zero attached hydrogens (tertiary/aromatic N) is 2. The molecule has 1 heterocycles. The molecule has 1 aromatic carbocycles. The van der Waals surface area contributed by atoms with Crippen molar-refractivity contribution in [3.8, 4) is 0 Å². The molecular weight excluding hydrogens is 325 g/mol. The molecule has 0 unspecified atom stereocenters. The molecule has 1 N–H and O–H groups in total. The van der Waals surface area contributed by atoms with E-state index in [1.807, 2.05) is 0 Å². The fraction of sp³-hybridized carbons (Fsp3) is 0.143. The summed E-state index contributed by atoms with van der Waals surface area (Å²) in [4.78, 5) is 16.5. The lowest BCUT2D eigenvalue weighted by Crippen LogP contribution is -2.24. The fourth-order valence-corrected chi connectivity index (χ4v) is 2.74. The Hall–Kier alpha value is -2.52. The molecule has 0 aliphatic carbocycles. The Kier molecular flexibility index (Phi) is 4.62. The summed E-state index contributed by atoms with van der Waals surface area (Å²) in [6.07, 6.45) is 2.20. The monoisotopic (exact) mass is 338 g/mol. The van der Waals surface area contributed by atoms with Crippen LogP contribution in [0.3, 0.4) is 0 Å². The van der Waals surface area contributed by atoms with Gasteiger partial charge in [0.2, 0.25) is 5.91 Å². The van der Waals surface area contributed by atoms with Crippen LogP contribution in [0, 0.1) is 11.0 Å². The predicted molar refractivity (Wildman–Crippen MR) is 83.6 cm³/mol. The van der Waals surface area contributed by atoms with E-state index in [2.05, 4.69) is 4.98 Å². The third-order valence-electron chi connectivity index (χ3n) is 2.98. The van der Waals surface area contributed by atoms with Crippen LogP contribution in [0.2, 0.25) is 0 Å². The summed E-state index contributed by atoms with van der Waals surface area (Å²) in [7, 11) is -3.72. The van der Waals surface area contributed by atoms with Gasteiger partial charge in [-0.25, -0.2) is 17.8 Å². The standard InChI is InChI=1S/C14H13FN3O4S/c1-9(19)18(14-7-10(17-20)5-6-16-14)11-3-4-13(12(15)8-11)23(2,21)22/h3-8H,1-2H3,(H-,16,17,20)/q-1. The summed E-state index contributed by atoms with van der Waals surface area (Å²) < 4.78 is 36.9. The second kappa shape index (κ2) is 6.31. The third-order valence-corrected chi connectivity index (χ3v) is 4.11. The largest absolute Gasteiger partial charge is 0.761 e. The molecule has 2 rings (SSSR count). The summed E-state index contributed by atoms with van der Waals surface area (Å²) >= 11 is 0. The Morgan fingerprint density at radius 2 is 2.00 bits per heavy atom. The molecule has 0 fully saturated rings. The minimum absolute atomic E-state index is 0.0953. The number of sulfone groups is 1. The zero-order valence-corrected chi connectivity index (χ0v) is 13.1. The minimum atomic E-state index is -3.72. The van der Waals surface area contributed by atoms with E-state index in [1.165, 1.54) is 31.3 Å². The lowest BCUT2D eigenvalue weighted by molar-refractivity contribution is -0.115. The third kappa shape index (κ3) is 3.63. The number of carbonyl (C=O) groups excluding carboxylic acids is 1. The molecule has 0 saturated carbocycles. The number of hydrogen-bond acceptors (Lipinski definition) is 6. The fourth-order valence-electron chi connectivity index (χ4n) is 2.01. The Labute approximate surface area is 132 Å². The topological polar surface area (TPSA) is 102 Å². The van der Waals surface area contributed by atoms with Gasteiger partial charge in [-0.2, -0.15) is 0 Å². The van der Waals surface area contributed by atoms with Crippen molar-refractivity contribution >= 4 is 32.9 Å². The molecule has 7 nitrogen and oxygen atoms in total. The Morgan fingerprint density at radius 3 is 2.52 bits per heavy atom. The first-order chi connectivity index (χ1) is 10.7. The van der Waals surface area contributed by atoms with Crippen molar-refractivity contribution in [2.75, 3.05) is 16.6 Å². The summed E-state index contributed by atoms with van der Waals surface area (Å²) in [6.45, 7) is 1.24. The highest BCUT2D eigenvalue weighted by Gasteiger charge is 2.20. The predicted octanol–water partition coefficient (Wildman–Crippen LogP) is 2.22. The van der Waals surface area contributed by atoms with Crippen LogP contribution in [-0.4, -0.2) is 25.6 Å². The number of halogens is 1. The van der Waals surface area contributed by atoms with Crippen molar-refractivity contribution < 1.29 is 17.6 Å². The van der Waals surface area contributed by atoms with Crippen molar-refractivity contribution in [2.45, 2.75) is 11.8 Å². The molecule has 1 amide bonds. The van der Waals surface area contributed by atoms with Gasteiger partial charge in [-0.05, 0) is 24.3 Å².